The average molecular weight is 281 g/mol. The number of hydrogen-bond donors (Lipinski definition) is 2. The van der Waals surface area contributed by atoms with Crippen LogP contribution in [0.3, 0.4) is 0 Å². The van der Waals surface area contributed by atoms with Crippen molar-refractivity contribution in [3.63, 3.8) is 0 Å². The molecular weight excluding hydrogens is 261 g/mol. The van der Waals surface area contributed by atoms with Gasteiger partial charge in [0.25, 0.3) is 5.91 Å². The molecule has 0 unspecified atom stereocenters. The first-order chi connectivity index (χ1) is 9.70. The molecule has 0 aliphatic carbocycles. The monoisotopic (exact) mass is 281 g/mol. The number of carbonyl (C=O) groups excluding carboxylic acids is 1. The van der Waals surface area contributed by atoms with Crippen molar-refractivity contribution in [3.05, 3.63) is 29.6 Å². The van der Waals surface area contributed by atoms with Crippen molar-refractivity contribution in [2.45, 2.75) is 0 Å². The van der Waals surface area contributed by atoms with Crippen LogP contribution in [0.1, 0.15) is 10.4 Å². The minimum absolute atomic E-state index is 0.141. The number of halogens is 1. The highest BCUT2D eigenvalue weighted by atomic mass is 19.1. The highest BCUT2D eigenvalue weighted by Crippen LogP contribution is 2.17. The molecule has 0 bridgehead atoms. The summed E-state index contributed by atoms with van der Waals surface area (Å²) in [6, 6.07) is 4.21. The van der Waals surface area contributed by atoms with Gasteiger partial charge in [-0.2, -0.15) is 0 Å². The van der Waals surface area contributed by atoms with Crippen molar-refractivity contribution in [2.24, 2.45) is 0 Å². The number of piperazine rings is 1. The lowest BCUT2D eigenvalue weighted by atomic mass is 10.2. The smallest absolute Gasteiger partial charge is 0.251 e. The molecule has 1 aromatic rings. The van der Waals surface area contributed by atoms with Crippen molar-refractivity contribution >= 4 is 5.91 Å². The predicted molar refractivity (Wildman–Crippen MR) is 74.6 cm³/mol. The number of rotatable bonds is 5. The van der Waals surface area contributed by atoms with Crippen LogP contribution in [0.4, 0.5) is 4.39 Å². The Labute approximate surface area is 118 Å². The Hall–Kier alpha value is -1.66. The van der Waals surface area contributed by atoms with Crippen molar-refractivity contribution in [1.29, 1.82) is 0 Å². The molecule has 5 nitrogen and oxygen atoms in total. The number of ether oxygens (including phenoxy) is 1. The van der Waals surface area contributed by atoms with E-state index in [1.54, 1.807) is 6.07 Å². The molecule has 1 fully saturated rings. The number of hydrogen-bond acceptors (Lipinski definition) is 4. The first-order valence-electron chi connectivity index (χ1n) is 6.75. The van der Waals surface area contributed by atoms with Crippen LogP contribution < -0.4 is 15.4 Å². The van der Waals surface area contributed by atoms with Gasteiger partial charge in [-0.3, -0.25) is 9.69 Å². The third-order valence-corrected chi connectivity index (χ3v) is 3.34. The second-order valence-corrected chi connectivity index (χ2v) is 4.70. The van der Waals surface area contributed by atoms with E-state index in [1.165, 1.54) is 19.2 Å². The minimum Gasteiger partial charge on any atom is -0.494 e. The van der Waals surface area contributed by atoms with Crippen LogP contribution in [0, 0.1) is 5.82 Å². The van der Waals surface area contributed by atoms with Crippen LogP contribution in [0.25, 0.3) is 0 Å². The standard InChI is InChI=1S/C14H20FN3O2/c1-20-13-3-2-11(10-12(13)15)14(19)17-6-9-18-7-4-16-5-8-18/h2-3,10,16H,4-9H2,1H3,(H,17,19). The summed E-state index contributed by atoms with van der Waals surface area (Å²) >= 11 is 0. The molecule has 1 aliphatic rings. The van der Waals surface area contributed by atoms with E-state index < -0.39 is 5.82 Å². The van der Waals surface area contributed by atoms with Gasteiger partial charge in [-0.25, -0.2) is 4.39 Å². The van der Waals surface area contributed by atoms with Crippen LogP contribution in [0.5, 0.6) is 5.75 Å². The van der Waals surface area contributed by atoms with Crippen LogP contribution in [0.15, 0.2) is 18.2 Å². The summed E-state index contributed by atoms with van der Waals surface area (Å²) in [5, 5.41) is 6.08. The maximum Gasteiger partial charge on any atom is 0.251 e. The number of amides is 1. The van der Waals surface area contributed by atoms with Crippen LogP contribution in [-0.2, 0) is 0 Å². The second kappa shape index (κ2) is 7.21. The lowest BCUT2D eigenvalue weighted by Crippen LogP contribution is -2.46. The summed E-state index contributed by atoms with van der Waals surface area (Å²) in [4.78, 5) is 14.2. The summed E-state index contributed by atoms with van der Waals surface area (Å²) in [6.07, 6.45) is 0. The Morgan fingerprint density at radius 1 is 1.45 bits per heavy atom. The third-order valence-electron chi connectivity index (χ3n) is 3.34. The first-order valence-corrected chi connectivity index (χ1v) is 6.75. The minimum atomic E-state index is -0.526. The van der Waals surface area contributed by atoms with Gasteiger partial charge in [-0.05, 0) is 18.2 Å². The fourth-order valence-corrected chi connectivity index (χ4v) is 2.17. The number of nitrogens with one attached hydrogen (secondary N) is 2. The van der Waals surface area contributed by atoms with E-state index >= 15 is 0 Å². The third kappa shape index (κ3) is 3.91. The fraction of sp³-hybridized carbons (Fsp3) is 0.500. The van der Waals surface area contributed by atoms with Gasteiger partial charge in [0, 0.05) is 44.8 Å². The van der Waals surface area contributed by atoms with Gasteiger partial charge in [0.2, 0.25) is 0 Å². The zero-order valence-corrected chi connectivity index (χ0v) is 11.6. The molecule has 1 amide bonds. The Morgan fingerprint density at radius 3 is 2.85 bits per heavy atom. The summed E-state index contributed by atoms with van der Waals surface area (Å²) in [6.45, 7) is 5.33. The van der Waals surface area contributed by atoms with Gasteiger partial charge in [0.15, 0.2) is 11.6 Å². The Kier molecular flexibility index (Phi) is 5.31. The van der Waals surface area contributed by atoms with Gasteiger partial charge in [0.05, 0.1) is 7.11 Å². The largest absolute Gasteiger partial charge is 0.494 e. The van der Waals surface area contributed by atoms with Crippen molar-refractivity contribution < 1.29 is 13.9 Å². The van der Waals surface area contributed by atoms with Gasteiger partial charge in [-0.15, -0.1) is 0 Å². The highest BCUT2D eigenvalue weighted by molar-refractivity contribution is 5.94. The molecule has 2 N–H and O–H groups in total. The second-order valence-electron chi connectivity index (χ2n) is 4.70. The molecule has 6 heteroatoms. The molecule has 20 heavy (non-hydrogen) atoms. The molecule has 1 aromatic carbocycles. The van der Waals surface area contributed by atoms with E-state index in [0.29, 0.717) is 12.1 Å². The van der Waals surface area contributed by atoms with Gasteiger partial charge in [0.1, 0.15) is 0 Å². The molecule has 0 spiro atoms. The lowest BCUT2D eigenvalue weighted by Gasteiger charge is -2.27. The Morgan fingerprint density at radius 2 is 2.20 bits per heavy atom. The van der Waals surface area contributed by atoms with Crippen molar-refractivity contribution in [2.75, 3.05) is 46.4 Å². The summed E-state index contributed by atoms with van der Waals surface area (Å²) in [5.74, 6) is -0.647. The molecule has 0 radical (unpaired) electrons. The maximum atomic E-state index is 13.5. The van der Waals surface area contributed by atoms with E-state index in [0.717, 1.165) is 32.7 Å². The zero-order chi connectivity index (χ0) is 14.4. The number of carbonyl (C=O) groups is 1. The first kappa shape index (κ1) is 14.7. The summed E-state index contributed by atoms with van der Waals surface area (Å²) in [7, 11) is 1.39. The van der Waals surface area contributed by atoms with E-state index in [-0.39, 0.29) is 11.7 Å². The Balaban J connectivity index is 1.80. The van der Waals surface area contributed by atoms with Crippen LogP contribution in [0.2, 0.25) is 0 Å². The molecule has 1 aliphatic heterocycles. The van der Waals surface area contributed by atoms with E-state index in [2.05, 4.69) is 15.5 Å². The number of nitrogens with zero attached hydrogens (tertiary/aromatic N) is 1. The van der Waals surface area contributed by atoms with Gasteiger partial charge < -0.3 is 15.4 Å². The fourth-order valence-electron chi connectivity index (χ4n) is 2.17. The van der Waals surface area contributed by atoms with Gasteiger partial charge in [-0.1, -0.05) is 0 Å². The normalized spacial score (nSPS) is 15.9. The Bertz CT molecular complexity index is 462. The number of methoxy groups -OCH3 is 1. The van der Waals surface area contributed by atoms with Crippen LogP contribution >= 0.6 is 0 Å². The molecule has 1 heterocycles. The van der Waals surface area contributed by atoms with Crippen molar-refractivity contribution in [1.82, 2.24) is 15.5 Å². The summed E-state index contributed by atoms with van der Waals surface area (Å²) in [5.41, 5.74) is 0.309. The molecular formula is C14H20FN3O2. The molecule has 1 saturated heterocycles. The van der Waals surface area contributed by atoms with E-state index in [4.69, 9.17) is 4.74 Å². The highest BCUT2D eigenvalue weighted by Gasteiger charge is 2.12. The van der Waals surface area contributed by atoms with E-state index in [9.17, 15) is 9.18 Å². The zero-order valence-electron chi connectivity index (χ0n) is 11.6. The maximum absolute atomic E-state index is 13.5. The van der Waals surface area contributed by atoms with E-state index in [1.807, 2.05) is 0 Å². The quantitative estimate of drug-likeness (QED) is 0.824. The lowest BCUT2D eigenvalue weighted by molar-refractivity contribution is 0.0946. The van der Waals surface area contributed by atoms with Crippen LogP contribution in [-0.4, -0.2) is 57.2 Å². The van der Waals surface area contributed by atoms with Gasteiger partial charge >= 0.3 is 0 Å². The predicted octanol–water partition coefficient (Wildman–Crippen LogP) is 0.469. The topological polar surface area (TPSA) is 53.6 Å². The molecule has 110 valence electrons. The molecule has 0 aromatic heterocycles. The average Bonchev–Trinajstić information content (AvgIpc) is 2.48. The number of benzene rings is 1. The van der Waals surface area contributed by atoms with Crippen molar-refractivity contribution in [3.8, 4) is 5.75 Å². The molecule has 2 rings (SSSR count). The molecule has 0 atom stereocenters. The molecule has 0 saturated carbocycles. The summed E-state index contributed by atoms with van der Waals surface area (Å²) < 4.78 is 18.3. The SMILES string of the molecule is COc1ccc(C(=O)NCCN2CCNCC2)cc1F.